The molecule has 80 valence electrons. The second kappa shape index (κ2) is 4.59. The Kier molecular flexibility index (Phi) is 3.44. The van der Waals surface area contributed by atoms with Crippen molar-refractivity contribution in [3.05, 3.63) is 35.4 Å². The van der Waals surface area contributed by atoms with Gasteiger partial charge in [0.15, 0.2) is 0 Å². The van der Waals surface area contributed by atoms with Crippen LogP contribution in [0.25, 0.3) is 0 Å². The summed E-state index contributed by atoms with van der Waals surface area (Å²) in [4.78, 5) is 21.1. The molecule has 0 aromatic heterocycles. The average molecular weight is 208 g/mol. The van der Waals surface area contributed by atoms with Crippen LogP contribution >= 0.6 is 0 Å². The van der Waals surface area contributed by atoms with Crippen LogP contribution in [0.2, 0.25) is 0 Å². The minimum atomic E-state index is -0.894. The summed E-state index contributed by atoms with van der Waals surface area (Å²) in [5.74, 6) is -2.35. The van der Waals surface area contributed by atoms with Crippen LogP contribution in [0, 0.1) is 0 Å². The summed E-state index contributed by atoms with van der Waals surface area (Å²) in [5.41, 5.74) is 1.35. The van der Waals surface area contributed by atoms with E-state index in [1.165, 1.54) is 0 Å². The highest BCUT2D eigenvalue weighted by atomic mass is 16.4. The predicted molar refractivity (Wildman–Crippen MR) is 53.8 cm³/mol. The summed E-state index contributed by atoms with van der Waals surface area (Å²) in [6, 6.07) is 6.58. The van der Waals surface area contributed by atoms with Crippen LogP contribution in [0.4, 0.5) is 0 Å². The van der Waals surface area contributed by atoms with Gasteiger partial charge in [-0.05, 0) is 18.1 Å². The number of hydrogen-bond donors (Lipinski definition) is 2. The second-order valence-corrected chi connectivity index (χ2v) is 3.37. The van der Waals surface area contributed by atoms with Gasteiger partial charge in [-0.1, -0.05) is 24.3 Å². The van der Waals surface area contributed by atoms with Crippen LogP contribution in [-0.4, -0.2) is 22.2 Å². The quantitative estimate of drug-likeness (QED) is 0.786. The molecule has 4 nitrogen and oxygen atoms in total. The molecule has 0 unspecified atom stereocenters. The summed E-state index contributed by atoms with van der Waals surface area (Å²) in [6.07, 6.45) is -0.0399. The molecule has 0 saturated heterocycles. The van der Waals surface area contributed by atoms with E-state index in [-0.39, 0.29) is 6.42 Å². The zero-order valence-corrected chi connectivity index (χ0v) is 8.30. The fourth-order valence-electron chi connectivity index (χ4n) is 1.24. The lowest BCUT2D eigenvalue weighted by Gasteiger charge is -2.06. The maximum absolute atomic E-state index is 10.7. The molecule has 1 aromatic carbocycles. The van der Waals surface area contributed by atoms with Crippen LogP contribution < -0.4 is 0 Å². The number of hydrogen-bond acceptors (Lipinski definition) is 2. The molecule has 0 saturated carbocycles. The maximum atomic E-state index is 10.7. The second-order valence-electron chi connectivity index (χ2n) is 3.37. The van der Waals surface area contributed by atoms with Gasteiger partial charge in [0.1, 0.15) is 0 Å². The molecule has 0 amide bonds. The Labute approximate surface area is 87.2 Å². The van der Waals surface area contributed by atoms with E-state index in [1.54, 1.807) is 31.2 Å². The molecule has 2 N–H and O–H groups in total. The van der Waals surface area contributed by atoms with Gasteiger partial charge in [0.25, 0.3) is 0 Å². The van der Waals surface area contributed by atoms with Gasteiger partial charge >= 0.3 is 11.9 Å². The number of carboxylic acids is 2. The first-order valence-electron chi connectivity index (χ1n) is 4.54. The van der Waals surface area contributed by atoms with E-state index < -0.39 is 17.9 Å². The molecule has 0 radical (unpaired) electrons. The van der Waals surface area contributed by atoms with Crippen LogP contribution in [0.1, 0.15) is 24.0 Å². The van der Waals surface area contributed by atoms with E-state index in [0.717, 1.165) is 0 Å². The Hall–Kier alpha value is -1.84. The highest BCUT2D eigenvalue weighted by molar-refractivity contribution is 5.75. The van der Waals surface area contributed by atoms with E-state index in [4.69, 9.17) is 10.2 Å². The Morgan fingerprint density at radius 3 is 2.13 bits per heavy atom. The van der Waals surface area contributed by atoms with E-state index in [1.807, 2.05) is 0 Å². The molecule has 0 fully saturated rings. The lowest BCUT2D eigenvalue weighted by Crippen LogP contribution is -2.07. The normalized spacial score (nSPS) is 12.1. The van der Waals surface area contributed by atoms with Gasteiger partial charge in [-0.3, -0.25) is 9.59 Å². The molecular formula is C11H12O4. The molecule has 1 atom stereocenters. The molecule has 0 aliphatic rings. The highest BCUT2D eigenvalue weighted by Gasteiger charge is 2.13. The smallest absolute Gasteiger partial charge is 0.310 e. The Morgan fingerprint density at radius 1 is 1.20 bits per heavy atom. The first-order chi connectivity index (χ1) is 7.00. The fourth-order valence-corrected chi connectivity index (χ4v) is 1.24. The number of carboxylic acid groups (broad SMARTS) is 2. The summed E-state index contributed by atoms with van der Waals surface area (Å²) in [5, 5.41) is 17.3. The summed E-state index contributed by atoms with van der Waals surface area (Å²) in [7, 11) is 0. The van der Waals surface area contributed by atoms with Gasteiger partial charge in [0, 0.05) is 0 Å². The standard InChI is InChI=1S/C11H12O4/c1-7(11(14)15)9-4-2-8(3-5-9)6-10(12)13/h2-5,7H,6H2,1H3,(H,12,13)(H,14,15)/t7-/m1/s1. The van der Waals surface area contributed by atoms with Gasteiger partial charge in [-0.25, -0.2) is 0 Å². The van der Waals surface area contributed by atoms with Crippen LogP contribution in [0.3, 0.4) is 0 Å². The molecule has 0 aliphatic heterocycles. The lowest BCUT2D eigenvalue weighted by molar-refractivity contribution is -0.138. The average Bonchev–Trinajstić information content (AvgIpc) is 2.17. The minimum absolute atomic E-state index is 0.0399. The minimum Gasteiger partial charge on any atom is -0.481 e. The van der Waals surface area contributed by atoms with Crippen molar-refractivity contribution in [3.8, 4) is 0 Å². The van der Waals surface area contributed by atoms with Gasteiger partial charge in [0.2, 0.25) is 0 Å². The molecule has 4 heteroatoms. The van der Waals surface area contributed by atoms with Crippen molar-refractivity contribution in [2.45, 2.75) is 19.3 Å². The Balaban J connectivity index is 2.80. The molecule has 15 heavy (non-hydrogen) atoms. The Bertz CT molecular complexity index is 367. The molecule has 0 spiro atoms. The molecule has 0 heterocycles. The van der Waals surface area contributed by atoms with Crippen LogP contribution in [0.5, 0.6) is 0 Å². The zero-order valence-electron chi connectivity index (χ0n) is 8.30. The fraction of sp³-hybridized carbons (Fsp3) is 0.273. The van der Waals surface area contributed by atoms with Crippen LogP contribution in [0.15, 0.2) is 24.3 Å². The monoisotopic (exact) mass is 208 g/mol. The third kappa shape index (κ3) is 3.09. The van der Waals surface area contributed by atoms with Gasteiger partial charge < -0.3 is 10.2 Å². The Morgan fingerprint density at radius 2 is 1.73 bits per heavy atom. The van der Waals surface area contributed by atoms with Crippen molar-refractivity contribution in [1.82, 2.24) is 0 Å². The number of carbonyl (C=O) groups is 2. The van der Waals surface area contributed by atoms with Gasteiger partial charge in [-0.2, -0.15) is 0 Å². The number of aliphatic carboxylic acids is 2. The molecule has 0 aliphatic carbocycles. The van der Waals surface area contributed by atoms with Crippen molar-refractivity contribution < 1.29 is 19.8 Å². The SMILES string of the molecule is C[C@@H](C(=O)O)c1ccc(CC(=O)O)cc1. The van der Waals surface area contributed by atoms with E-state index in [9.17, 15) is 9.59 Å². The largest absolute Gasteiger partial charge is 0.481 e. The van der Waals surface area contributed by atoms with Crippen molar-refractivity contribution in [2.75, 3.05) is 0 Å². The summed E-state index contributed by atoms with van der Waals surface area (Å²) in [6.45, 7) is 1.59. The topological polar surface area (TPSA) is 74.6 Å². The third-order valence-electron chi connectivity index (χ3n) is 2.21. The highest BCUT2D eigenvalue weighted by Crippen LogP contribution is 2.16. The van der Waals surface area contributed by atoms with Crippen molar-refractivity contribution in [3.63, 3.8) is 0 Å². The summed E-state index contributed by atoms with van der Waals surface area (Å²) < 4.78 is 0. The van der Waals surface area contributed by atoms with Gasteiger partial charge in [-0.15, -0.1) is 0 Å². The predicted octanol–water partition coefficient (Wildman–Crippen LogP) is 1.50. The first kappa shape index (κ1) is 11.2. The molecular weight excluding hydrogens is 196 g/mol. The number of rotatable bonds is 4. The van der Waals surface area contributed by atoms with Crippen molar-refractivity contribution >= 4 is 11.9 Å². The lowest BCUT2D eigenvalue weighted by atomic mass is 9.99. The zero-order chi connectivity index (χ0) is 11.4. The van der Waals surface area contributed by atoms with Crippen molar-refractivity contribution in [1.29, 1.82) is 0 Å². The molecule has 1 aromatic rings. The third-order valence-corrected chi connectivity index (χ3v) is 2.21. The van der Waals surface area contributed by atoms with Gasteiger partial charge in [0.05, 0.1) is 12.3 Å². The van der Waals surface area contributed by atoms with Crippen LogP contribution in [-0.2, 0) is 16.0 Å². The van der Waals surface area contributed by atoms with E-state index >= 15 is 0 Å². The molecule has 0 bridgehead atoms. The maximum Gasteiger partial charge on any atom is 0.310 e. The summed E-state index contributed by atoms with van der Waals surface area (Å²) >= 11 is 0. The van der Waals surface area contributed by atoms with Crippen molar-refractivity contribution in [2.24, 2.45) is 0 Å². The molecule has 1 rings (SSSR count). The number of benzene rings is 1. The van der Waals surface area contributed by atoms with E-state index in [0.29, 0.717) is 11.1 Å². The van der Waals surface area contributed by atoms with E-state index in [2.05, 4.69) is 0 Å². The first-order valence-corrected chi connectivity index (χ1v) is 4.54.